The van der Waals surface area contributed by atoms with Crippen LogP contribution in [0.5, 0.6) is 5.75 Å². The van der Waals surface area contributed by atoms with Crippen LogP contribution in [0.3, 0.4) is 0 Å². The molecule has 0 bridgehead atoms. The second-order valence-electron chi connectivity index (χ2n) is 4.82. The Morgan fingerprint density at radius 2 is 2.16 bits per heavy atom. The first-order chi connectivity index (χ1) is 8.90. The molecule has 0 spiro atoms. The number of aliphatic hydroxyl groups is 1. The van der Waals surface area contributed by atoms with Gasteiger partial charge in [0.1, 0.15) is 22.9 Å². The molecule has 0 unspecified atom stereocenters. The molecule has 0 amide bonds. The standard InChI is InChI=1S/C13H16FN3O2/c1-13(2,18)12-8-17(16-15-12)7-9-4-5-10(19-3)6-11(9)14/h4-6,8,18H,7H2,1-3H3. The van der Waals surface area contributed by atoms with Crippen LogP contribution in [0.4, 0.5) is 4.39 Å². The Balaban J connectivity index is 2.20. The van der Waals surface area contributed by atoms with Gasteiger partial charge in [0.25, 0.3) is 0 Å². The van der Waals surface area contributed by atoms with Crippen LogP contribution in [0, 0.1) is 5.82 Å². The molecule has 1 heterocycles. The maximum Gasteiger partial charge on any atom is 0.131 e. The van der Waals surface area contributed by atoms with Crippen molar-refractivity contribution in [3.63, 3.8) is 0 Å². The van der Waals surface area contributed by atoms with Gasteiger partial charge in [-0.05, 0) is 19.9 Å². The number of rotatable bonds is 4. The van der Waals surface area contributed by atoms with Crippen molar-refractivity contribution < 1.29 is 14.2 Å². The van der Waals surface area contributed by atoms with Gasteiger partial charge in [0.15, 0.2) is 0 Å². The number of hydrogen-bond acceptors (Lipinski definition) is 4. The number of hydrogen-bond donors (Lipinski definition) is 1. The number of halogens is 1. The normalized spacial score (nSPS) is 11.6. The van der Waals surface area contributed by atoms with E-state index in [1.165, 1.54) is 17.9 Å². The van der Waals surface area contributed by atoms with E-state index in [1.807, 2.05) is 0 Å². The molecule has 0 fully saturated rings. The van der Waals surface area contributed by atoms with Gasteiger partial charge in [0, 0.05) is 11.6 Å². The highest BCUT2D eigenvalue weighted by molar-refractivity contribution is 5.29. The topological polar surface area (TPSA) is 60.2 Å². The van der Waals surface area contributed by atoms with Crippen LogP contribution >= 0.6 is 0 Å². The fraction of sp³-hybridized carbons (Fsp3) is 0.385. The second kappa shape index (κ2) is 4.97. The Bertz CT molecular complexity index is 576. The third-order valence-corrected chi connectivity index (χ3v) is 2.76. The maximum absolute atomic E-state index is 13.8. The average Bonchev–Trinajstić information content (AvgIpc) is 2.80. The average molecular weight is 265 g/mol. The molecule has 0 atom stereocenters. The molecule has 5 nitrogen and oxygen atoms in total. The predicted molar refractivity (Wildman–Crippen MR) is 67.3 cm³/mol. The lowest BCUT2D eigenvalue weighted by Crippen LogP contribution is -2.15. The van der Waals surface area contributed by atoms with Crippen molar-refractivity contribution in [2.75, 3.05) is 7.11 Å². The van der Waals surface area contributed by atoms with E-state index in [9.17, 15) is 9.50 Å². The smallest absolute Gasteiger partial charge is 0.131 e. The first-order valence-corrected chi connectivity index (χ1v) is 5.85. The summed E-state index contributed by atoms with van der Waals surface area (Å²) in [5.41, 5.74) is -0.133. The Kier molecular flexibility index (Phi) is 3.53. The summed E-state index contributed by atoms with van der Waals surface area (Å²) >= 11 is 0. The van der Waals surface area contributed by atoms with Gasteiger partial charge in [0.2, 0.25) is 0 Å². The van der Waals surface area contributed by atoms with Crippen molar-refractivity contribution in [3.8, 4) is 5.75 Å². The van der Waals surface area contributed by atoms with E-state index in [1.54, 1.807) is 32.2 Å². The van der Waals surface area contributed by atoms with Crippen molar-refractivity contribution in [3.05, 3.63) is 41.5 Å². The Labute approximate surface area is 110 Å². The molecule has 0 aliphatic rings. The summed E-state index contributed by atoms with van der Waals surface area (Å²) in [5, 5.41) is 17.5. The molecule has 0 saturated carbocycles. The summed E-state index contributed by atoms with van der Waals surface area (Å²) in [6.45, 7) is 3.49. The van der Waals surface area contributed by atoms with E-state index in [-0.39, 0.29) is 12.4 Å². The zero-order chi connectivity index (χ0) is 14.0. The zero-order valence-corrected chi connectivity index (χ0v) is 11.1. The van der Waals surface area contributed by atoms with Crippen molar-refractivity contribution in [1.82, 2.24) is 15.0 Å². The molecule has 2 rings (SSSR count). The van der Waals surface area contributed by atoms with Gasteiger partial charge >= 0.3 is 0 Å². The first-order valence-electron chi connectivity index (χ1n) is 5.85. The number of methoxy groups -OCH3 is 1. The Hall–Kier alpha value is -1.95. The highest BCUT2D eigenvalue weighted by Gasteiger charge is 2.20. The van der Waals surface area contributed by atoms with Crippen LogP contribution in [-0.2, 0) is 12.1 Å². The second-order valence-corrected chi connectivity index (χ2v) is 4.82. The predicted octanol–water partition coefficient (Wildman–Crippen LogP) is 1.70. The minimum Gasteiger partial charge on any atom is -0.497 e. The van der Waals surface area contributed by atoms with Crippen molar-refractivity contribution in [2.45, 2.75) is 26.0 Å². The number of ether oxygens (including phenoxy) is 1. The molecule has 102 valence electrons. The minimum atomic E-state index is -1.06. The van der Waals surface area contributed by atoms with Crippen LogP contribution in [0.2, 0.25) is 0 Å². The van der Waals surface area contributed by atoms with Crippen LogP contribution in [0.15, 0.2) is 24.4 Å². The third kappa shape index (κ3) is 3.08. The molecule has 1 aromatic carbocycles. The molecule has 1 N–H and O–H groups in total. The monoisotopic (exact) mass is 265 g/mol. The highest BCUT2D eigenvalue weighted by atomic mass is 19.1. The molecular weight excluding hydrogens is 249 g/mol. The molecule has 0 aliphatic carbocycles. The number of nitrogens with zero attached hydrogens (tertiary/aromatic N) is 3. The molecule has 2 aromatic rings. The Morgan fingerprint density at radius 1 is 1.42 bits per heavy atom. The molecule has 0 saturated heterocycles. The molecular formula is C13H16FN3O2. The van der Waals surface area contributed by atoms with Gasteiger partial charge in [-0.2, -0.15) is 0 Å². The molecule has 1 aromatic heterocycles. The van der Waals surface area contributed by atoms with Crippen LogP contribution < -0.4 is 4.74 Å². The van der Waals surface area contributed by atoms with E-state index >= 15 is 0 Å². The van der Waals surface area contributed by atoms with Gasteiger partial charge < -0.3 is 9.84 Å². The summed E-state index contributed by atoms with van der Waals surface area (Å²) in [7, 11) is 1.49. The van der Waals surface area contributed by atoms with E-state index < -0.39 is 5.60 Å². The van der Waals surface area contributed by atoms with Gasteiger partial charge in [-0.25, -0.2) is 9.07 Å². The quantitative estimate of drug-likeness (QED) is 0.914. The van der Waals surface area contributed by atoms with Crippen LogP contribution in [0.25, 0.3) is 0 Å². The van der Waals surface area contributed by atoms with Crippen molar-refractivity contribution in [2.24, 2.45) is 0 Å². The van der Waals surface area contributed by atoms with E-state index in [0.29, 0.717) is 17.0 Å². The van der Waals surface area contributed by atoms with Gasteiger partial charge in [-0.3, -0.25) is 0 Å². The molecule has 0 radical (unpaired) electrons. The number of aromatic nitrogens is 3. The summed E-state index contributed by atoms with van der Waals surface area (Å²) in [4.78, 5) is 0. The van der Waals surface area contributed by atoms with Crippen LogP contribution in [-0.4, -0.2) is 27.2 Å². The fourth-order valence-electron chi connectivity index (χ4n) is 1.61. The molecule has 0 aliphatic heterocycles. The van der Waals surface area contributed by atoms with E-state index in [4.69, 9.17) is 4.74 Å². The summed E-state index contributed by atoms with van der Waals surface area (Å²) < 4.78 is 20.2. The summed E-state index contributed by atoms with van der Waals surface area (Å²) in [6, 6.07) is 4.65. The maximum atomic E-state index is 13.8. The Morgan fingerprint density at radius 3 is 2.68 bits per heavy atom. The SMILES string of the molecule is COc1ccc(Cn2cc(C(C)(C)O)nn2)c(F)c1. The van der Waals surface area contributed by atoms with Gasteiger partial charge in [-0.15, -0.1) is 5.10 Å². The zero-order valence-electron chi connectivity index (χ0n) is 11.1. The highest BCUT2D eigenvalue weighted by Crippen LogP contribution is 2.19. The van der Waals surface area contributed by atoms with E-state index in [0.717, 1.165) is 0 Å². The lowest BCUT2D eigenvalue weighted by atomic mass is 10.1. The minimum absolute atomic E-state index is 0.249. The third-order valence-electron chi connectivity index (χ3n) is 2.76. The van der Waals surface area contributed by atoms with Crippen LogP contribution in [0.1, 0.15) is 25.1 Å². The first kappa shape index (κ1) is 13.5. The molecule has 6 heteroatoms. The summed E-state index contributed by atoms with van der Waals surface area (Å²) in [5.74, 6) is 0.108. The van der Waals surface area contributed by atoms with Gasteiger partial charge in [0.05, 0.1) is 19.9 Å². The fourth-order valence-corrected chi connectivity index (χ4v) is 1.61. The van der Waals surface area contributed by atoms with E-state index in [2.05, 4.69) is 10.3 Å². The number of benzene rings is 1. The summed E-state index contributed by atoms with van der Waals surface area (Å²) in [6.07, 6.45) is 1.60. The van der Waals surface area contributed by atoms with Crippen molar-refractivity contribution >= 4 is 0 Å². The lowest BCUT2D eigenvalue weighted by Gasteiger charge is -2.11. The largest absolute Gasteiger partial charge is 0.497 e. The van der Waals surface area contributed by atoms with Gasteiger partial charge in [-0.1, -0.05) is 11.3 Å². The lowest BCUT2D eigenvalue weighted by molar-refractivity contribution is 0.0737. The van der Waals surface area contributed by atoms with Crippen molar-refractivity contribution in [1.29, 1.82) is 0 Å². The molecule has 19 heavy (non-hydrogen) atoms.